The third-order valence-electron chi connectivity index (χ3n) is 4.77. The van der Waals surface area contributed by atoms with Crippen molar-refractivity contribution in [2.24, 2.45) is 5.92 Å². The van der Waals surface area contributed by atoms with Gasteiger partial charge in [0.25, 0.3) is 0 Å². The molecule has 2 amide bonds. The number of aliphatic hydroxyl groups is 1. The highest BCUT2D eigenvalue weighted by Crippen LogP contribution is 2.30. The molecule has 1 aromatic carbocycles. The highest BCUT2D eigenvalue weighted by molar-refractivity contribution is 5.90. The van der Waals surface area contributed by atoms with E-state index in [9.17, 15) is 14.7 Å². The maximum atomic E-state index is 12.7. The van der Waals surface area contributed by atoms with Crippen molar-refractivity contribution < 1.29 is 14.7 Å². The number of benzene rings is 1. The molecule has 3 atom stereocenters. The molecule has 0 spiro atoms. The topological polar surface area (TPSA) is 69.6 Å². The molecular weight excluding hydrogens is 292 g/mol. The minimum absolute atomic E-state index is 0.0275. The number of amides is 2. The van der Waals surface area contributed by atoms with Crippen LogP contribution in [0.5, 0.6) is 0 Å². The lowest BCUT2D eigenvalue weighted by atomic mass is 9.99. The van der Waals surface area contributed by atoms with Crippen LogP contribution in [0.1, 0.15) is 37.7 Å². The molecule has 5 heteroatoms. The van der Waals surface area contributed by atoms with E-state index in [-0.39, 0.29) is 17.7 Å². The molecule has 1 saturated carbocycles. The molecule has 1 aliphatic heterocycles. The van der Waals surface area contributed by atoms with E-state index in [0.717, 1.165) is 19.3 Å². The molecule has 2 fully saturated rings. The maximum absolute atomic E-state index is 12.7. The number of aliphatic hydroxyl groups excluding tert-OH is 1. The van der Waals surface area contributed by atoms with Crippen molar-refractivity contribution in [3.63, 3.8) is 0 Å². The van der Waals surface area contributed by atoms with Gasteiger partial charge >= 0.3 is 0 Å². The number of hydrogen-bond donors (Lipinski definition) is 2. The van der Waals surface area contributed by atoms with Gasteiger partial charge in [0.05, 0.1) is 6.10 Å². The molecule has 23 heavy (non-hydrogen) atoms. The number of likely N-dealkylation sites (tertiary alicyclic amines) is 1. The Labute approximate surface area is 136 Å². The SMILES string of the molecule is CC(O)C(NC(=O)C1CC1)C(=O)N1CCC(c2ccccc2)C1. The van der Waals surface area contributed by atoms with Crippen molar-refractivity contribution in [1.82, 2.24) is 10.2 Å². The lowest BCUT2D eigenvalue weighted by molar-refractivity contribution is -0.138. The average Bonchev–Trinajstić information content (AvgIpc) is 3.29. The molecule has 2 N–H and O–H groups in total. The van der Waals surface area contributed by atoms with Crippen LogP contribution in [0.3, 0.4) is 0 Å². The van der Waals surface area contributed by atoms with Gasteiger partial charge in [0, 0.05) is 24.9 Å². The van der Waals surface area contributed by atoms with Crippen LogP contribution in [-0.4, -0.2) is 47.1 Å². The molecule has 0 aromatic heterocycles. The van der Waals surface area contributed by atoms with E-state index in [1.807, 2.05) is 18.2 Å². The van der Waals surface area contributed by atoms with Crippen LogP contribution >= 0.6 is 0 Å². The molecule has 2 aliphatic rings. The molecule has 1 aliphatic carbocycles. The molecule has 1 aromatic rings. The first kappa shape index (κ1) is 16.0. The zero-order valence-electron chi connectivity index (χ0n) is 13.4. The van der Waals surface area contributed by atoms with Gasteiger partial charge in [-0.15, -0.1) is 0 Å². The fraction of sp³-hybridized carbons (Fsp3) is 0.556. The van der Waals surface area contributed by atoms with Crippen molar-refractivity contribution in [2.75, 3.05) is 13.1 Å². The van der Waals surface area contributed by atoms with Gasteiger partial charge in [-0.3, -0.25) is 9.59 Å². The lowest BCUT2D eigenvalue weighted by Gasteiger charge is -2.26. The smallest absolute Gasteiger partial charge is 0.247 e. The van der Waals surface area contributed by atoms with Crippen LogP contribution in [0.25, 0.3) is 0 Å². The van der Waals surface area contributed by atoms with E-state index in [4.69, 9.17) is 0 Å². The Kier molecular flexibility index (Phi) is 4.66. The summed E-state index contributed by atoms with van der Waals surface area (Å²) < 4.78 is 0. The molecule has 124 valence electrons. The zero-order chi connectivity index (χ0) is 16.4. The standard InChI is InChI=1S/C18H24N2O3/c1-12(21)16(19-17(22)14-7-8-14)18(23)20-10-9-15(11-20)13-5-3-2-4-6-13/h2-6,12,14-16,21H,7-11H2,1H3,(H,19,22). The highest BCUT2D eigenvalue weighted by Gasteiger charge is 2.37. The number of hydrogen-bond acceptors (Lipinski definition) is 3. The Morgan fingerprint density at radius 1 is 1.22 bits per heavy atom. The summed E-state index contributed by atoms with van der Waals surface area (Å²) in [5.41, 5.74) is 1.23. The summed E-state index contributed by atoms with van der Waals surface area (Å²) in [6, 6.07) is 9.33. The Morgan fingerprint density at radius 2 is 1.91 bits per heavy atom. The van der Waals surface area contributed by atoms with Crippen LogP contribution in [-0.2, 0) is 9.59 Å². The first-order chi connectivity index (χ1) is 11.1. The Hall–Kier alpha value is -1.88. The van der Waals surface area contributed by atoms with Crippen molar-refractivity contribution in [1.29, 1.82) is 0 Å². The van der Waals surface area contributed by atoms with Crippen molar-refractivity contribution in [2.45, 2.75) is 44.2 Å². The maximum Gasteiger partial charge on any atom is 0.247 e. The fourth-order valence-electron chi connectivity index (χ4n) is 3.16. The van der Waals surface area contributed by atoms with Crippen LogP contribution < -0.4 is 5.32 Å². The molecule has 1 saturated heterocycles. The fourth-order valence-corrected chi connectivity index (χ4v) is 3.16. The summed E-state index contributed by atoms with van der Waals surface area (Å²) >= 11 is 0. The summed E-state index contributed by atoms with van der Waals surface area (Å²) in [5.74, 6) is 0.0733. The van der Waals surface area contributed by atoms with Crippen molar-refractivity contribution in [3.8, 4) is 0 Å². The van der Waals surface area contributed by atoms with Gasteiger partial charge in [-0.1, -0.05) is 30.3 Å². The Bertz CT molecular complexity index is 569. The summed E-state index contributed by atoms with van der Waals surface area (Å²) in [5, 5.41) is 12.6. The minimum Gasteiger partial charge on any atom is -0.391 e. The first-order valence-corrected chi connectivity index (χ1v) is 8.38. The first-order valence-electron chi connectivity index (χ1n) is 8.38. The molecule has 0 bridgehead atoms. The van der Waals surface area contributed by atoms with E-state index >= 15 is 0 Å². The van der Waals surface area contributed by atoms with Gasteiger partial charge < -0.3 is 15.3 Å². The summed E-state index contributed by atoms with van der Waals surface area (Å²) in [4.78, 5) is 26.4. The summed E-state index contributed by atoms with van der Waals surface area (Å²) in [6.07, 6.45) is 1.79. The van der Waals surface area contributed by atoms with Gasteiger partial charge in [0.15, 0.2) is 0 Å². The monoisotopic (exact) mass is 316 g/mol. The Morgan fingerprint density at radius 3 is 2.52 bits per heavy atom. The van der Waals surface area contributed by atoms with E-state index < -0.39 is 12.1 Å². The van der Waals surface area contributed by atoms with Crippen molar-refractivity contribution >= 4 is 11.8 Å². The van der Waals surface area contributed by atoms with Crippen molar-refractivity contribution in [3.05, 3.63) is 35.9 Å². The third kappa shape index (κ3) is 3.72. The van der Waals surface area contributed by atoms with Gasteiger partial charge in [0.2, 0.25) is 11.8 Å². The molecular formula is C18H24N2O3. The summed E-state index contributed by atoms with van der Waals surface area (Å²) in [6.45, 7) is 2.87. The second-order valence-corrected chi connectivity index (χ2v) is 6.68. The molecule has 1 heterocycles. The molecule has 5 nitrogen and oxygen atoms in total. The second-order valence-electron chi connectivity index (χ2n) is 6.68. The molecule has 0 radical (unpaired) electrons. The molecule has 3 unspecified atom stereocenters. The van der Waals surface area contributed by atoms with E-state index in [1.54, 1.807) is 11.8 Å². The summed E-state index contributed by atoms with van der Waals surface area (Å²) in [7, 11) is 0. The van der Waals surface area contributed by atoms with Gasteiger partial charge in [-0.25, -0.2) is 0 Å². The number of carbonyl (C=O) groups is 2. The highest BCUT2D eigenvalue weighted by atomic mass is 16.3. The second kappa shape index (κ2) is 6.71. The normalized spacial score (nSPS) is 23.4. The van der Waals surface area contributed by atoms with Gasteiger partial charge in [-0.2, -0.15) is 0 Å². The quantitative estimate of drug-likeness (QED) is 0.860. The predicted molar refractivity (Wildman–Crippen MR) is 86.7 cm³/mol. The number of rotatable bonds is 5. The van der Waals surface area contributed by atoms with Gasteiger partial charge in [0.1, 0.15) is 6.04 Å². The van der Waals surface area contributed by atoms with E-state index in [0.29, 0.717) is 19.0 Å². The molecule has 3 rings (SSSR count). The largest absolute Gasteiger partial charge is 0.391 e. The number of nitrogens with one attached hydrogen (secondary N) is 1. The zero-order valence-corrected chi connectivity index (χ0v) is 13.4. The van der Waals surface area contributed by atoms with E-state index in [1.165, 1.54) is 5.56 Å². The number of nitrogens with zero attached hydrogens (tertiary/aromatic N) is 1. The minimum atomic E-state index is -0.888. The van der Waals surface area contributed by atoms with Crippen LogP contribution in [0.2, 0.25) is 0 Å². The van der Waals surface area contributed by atoms with Crippen LogP contribution in [0, 0.1) is 5.92 Å². The lowest BCUT2D eigenvalue weighted by Crippen LogP contribution is -2.53. The Balaban J connectivity index is 1.63. The third-order valence-corrected chi connectivity index (χ3v) is 4.77. The predicted octanol–water partition coefficient (Wildman–Crippen LogP) is 1.28. The average molecular weight is 316 g/mol. The number of carbonyl (C=O) groups excluding carboxylic acids is 2. The van der Waals surface area contributed by atoms with Gasteiger partial charge in [-0.05, 0) is 31.7 Å². The van der Waals surface area contributed by atoms with E-state index in [2.05, 4.69) is 17.4 Å². The van der Waals surface area contributed by atoms with Crippen LogP contribution in [0.15, 0.2) is 30.3 Å². The van der Waals surface area contributed by atoms with Crippen LogP contribution in [0.4, 0.5) is 0 Å².